The molecule has 0 radical (unpaired) electrons. The van der Waals surface area contributed by atoms with Crippen molar-refractivity contribution in [2.24, 2.45) is 0 Å². The topological polar surface area (TPSA) is 104 Å². The number of benzene rings is 2. The number of fused-ring (bicyclic) bond motifs is 2. The Morgan fingerprint density at radius 3 is 2.79 bits per heavy atom. The number of amides is 3. The zero-order valence-corrected chi connectivity index (χ0v) is 15.4. The van der Waals surface area contributed by atoms with E-state index in [-0.39, 0.29) is 18.2 Å². The lowest BCUT2D eigenvalue weighted by Gasteiger charge is -2.29. The molecule has 0 spiro atoms. The largest absolute Gasteiger partial charge is 0.340 e. The molecule has 2 N–H and O–H groups in total. The molecule has 1 saturated heterocycles. The Labute approximate surface area is 165 Å². The molecular formula is C21H17N5O3. The van der Waals surface area contributed by atoms with Crippen molar-refractivity contribution in [1.29, 1.82) is 0 Å². The molecule has 1 unspecified atom stereocenters. The van der Waals surface area contributed by atoms with Gasteiger partial charge in [-0.1, -0.05) is 18.2 Å². The fraction of sp³-hybridized carbons (Fsp3) is 0.190. The van der Waals surface area contributed by atoms with Crippen LogP contribution in [0.25, 0.3) is 10.9 Å². The SMILES string of the molecule is O=C1CCC(N2Cc3ccc(Nc4ncnc5ccccc45)cc3C2=O)C(=O)N1. The third kappa shape index (κ3) is 2.98. The average molecular weight is 387 g/mol. The number of rotatable bonds is 3. The molecule has 8 nitrogen and oxygen atoms in total. The van der Waals surface area contributed by atoms with Crippen LogP contribution in [0, 0.1) is 0 Å². The monoisotopic (exact) mass is 387 g/mol. The van der Waals surface area contributed by atoms with Gasteiger partial charge in [-0.3, -0.25) is 19.7 Å². The predicted octanol–water partition coefficient (Wildman–Crippen LogP) is 2.13. The first kappa shape index (κ1) is 17.3. The van der Waals surface area contributed by atoms with Gasteiger partial charge in [0.05, 0.1) is 5.52 Å². The van der Waals surface area contributed by atoms with Crippen molar-refractivity contribution < 1.29 is 14.4 Å². The highest BCUT2D eigenvalue weighted by molar-refractivity contribution is 6.05. The van der Waals surface area contributed by atoms with E-state index in [0.717, 1.165) is 22.2 Å². The minimum absolute atomic E-state index is 0.203. The van der Waals surface area contributed by atoms with Crippen LogP contribution in [-0.4, -0.2) is 38.6 Å². The molecule has 2 aliphatic heterocycles. The van der Waals surface area contributed by atoms with Crippen LogP contribution in [0.5, 0.6) is 0 Å². The molecule has 0 bridgehead atoms. The van der Waals surface area contributed by atoms with E-state index in [4.69, 9.17) is 0 Å². The van der Waals surface area contributed by atoms with Gasteiger partial charge in [0.15, 0.2) is 0 Å². The summed E-state index contributed by atoms with van der Waals surface area (Å²) in [5.74, 6) is -0.249. The molecule has 0 saturated carbocycles. The Kier molecular flexibility index (Phi) is 3.97. The van der Waals surface area contributed by atoms with Crippen molar-refractivity contribution in [1.82, 2.24) is 20.2 Å². The van der Waals surface area contributed by atoms with Gasteiger partial charge in [-0.2, -0.15) is 0 Å². The normalized spacial score (nSPS) is 18.7. The highest BCUT2D eigenvalue weighted by atomic mass is 16.2. The van der Waals surface area contributed by atoms with Crippen LogP contribution >= 0.6 is 0 Å². The van der Waals surface area contributed by atoms with Crippen LogP contribution in [0.4, 0.5) is 11.5 Å². The number of imide groups is 1. The summed E-state index contributed by atoms with van der Waals surface area (Å²) in [7, 11) is 0. The number of aromatic nitrogens is 2. The average Bonchev–Trinajstić information content (AvgIpc) is 3.04. The Bertz CT molecular complexity index is 1170. The van der Waals surface area contributed by atoms with E-state index >= 15 is 0 Å². The highest BCUT2D eigenvalue weighted by Gasteiger charge is 2.39. The number of para-hydroxylation sites is 1. The molecule has 144 valence electrons. The van der Waals surface area contributed by atoms with Crippen LogP contribution in [0.1, 0.15) is 28.8 Å². The van der Waals surface area contributed by atoms with Crippen LogP contribution < -0.4 is 10.6 Å². The minimum Gasteiger partial charge on any atom is -0.340 e. The van der Waals surface area contributed by atoms with Gasteiger partial charge >= 0.3 is 0 Å². The molecule has 2 aliphatic rings. The molecule has 3 heterocycles. The summed E-state index contributed by atoms with van der Waals surface area (Å²) in [6.45, 7) is 0.358. The zero-order chi connectivity index (χ0) is 20.0. The quantitative estimate of drug-likeness (QED) is 0.667. The number of anilines is 2. The number of nitrogens with one attached hydrogen (secondary N) is 2. The van der Waals surface area contributed by atoms with Gasteiger partial charge in [-0.05, 0) is 36.2 Å². The summed E-state index contributed by atoms with van der Waals surface area (Å²) in [6.07, 6.45) is 2.08. The maximum absolute atomic E-state index is 12.9. The van der Waals surface area contributed by atoms with Gasteiger partial charge in [-0.25, -0.2) is 9.97 Å². The van der Waals surface area contributed by atoms with Gasteiger partial charge < -0.3 is 10.2 Å². The van der Waals surface area contributed by atoms with Crippen molar-refractivity contribution in [2.45, 2.75) is 25.4 Å². The van der Waals surface area contributed by atoms with Crippen LogP contribution in [0.2, 0.25) is 0 Å². The Balaban J connectivity index is 1.42. The molecule has 3 amide bonds. The van der Waals surface area contributed by atoms with Crippen molar-refractivity contribution in [3.8, 4) is 0 Å². The number of piperidine rings is 1. The molecule has 2 aromatic carbocycles. The second-order valence-electron chi connectivity index (χ2n) is 7.14. The second kappa shape index (κ2) is 6.66. The van der Waals surface area contributed by atoms with Crippen molar-refractivity contribution >= 4 is 40.1 Å². The van der Waals surface area contributed by atoms with Gasteiger partial charge in [0.25, 0.3) is 5.91 Å². The Morgan fingerprint density at radius 2 is 1.93 bits per heavy atom. The maximum atomic E-state index is 12.9. The third-order valence-electron chi connectivity index (χ3n) is 5.33. The molecule has 1 aromatic heterocycles. The third-order valence-corrected chi connectivity index (χ3v) is 5.33. The summed E-state index contributed by atoms with van der Waals surface area (Å²) in [6, 6.07) is 12.6. The molecule has 8 heteroatoms. The summed E-state index contributed by atoms with van der Waals surface area (Å²) in [5, 5.41) is 6.46. The van der Waals surface area contributed by atoms with E-state index in [9.17, 15) is 14.4 Å². The molecule has 1 atom stereocenters. The number of carbonyl (C=O) groups is 3. The molecule has 5 rings (SSSR count). The highest BCUT2D eigenvalue weighted by Crippen LogP contribution is 2.31. The summed E-state index contributed by atoms with van der Waals surface area (Å²) >= 11 is 0. The fourth-order valence-electron chi connectivity index (χ4n) is 3.87. The molecule has 1 fully saturated rings. The van der Waals surface area contributed by atoms with Crippen molar-refractivity contribution in [3.05, 3.63) is 59.9 Å². The lowest BCUT2D eigenvalue weighted by Crippen LogP contribution is -2.52. The summed E-state index contributed by atoms with van der Waals surface area (Å²) < 4.78 is 0. The number of hydrogen-bond donors (Lipinski definition) is 2. The lowest BCUT2D eigenvalue weighted by molar-refractivity contribution is -0.136. The van der Waals surface area contributed by atoms with Gasteiger partial charge in [0, 0.05) is 29.6 Å². The first-order chi connectivity index (χ1) is 14.1. The first-order valence-corrected chi connectivity index (χ1v) is 9.34. The standard InChI is InChI=1S/C21H17N5O3/c27-18-8-7-17(20(28)25-18)26-10-12-5-6-13(9-15(12)21(26)29)24-19-14-3-1-2-4-16(14)22-11-23-19/h1-6,9,11,17H,7-8,10H2,(H,22,23,24)(H,25,27,28). The van der Waals surface area contributed by atoms with E-state index in [2.05, 4.69) is 20.6 Å². The second-order valence-corrected chi connectivity index (χ2v) is 7.14. The van der Waals surface area contributed by atoms with Crippen LogP contribution in [-0.2, 0) is 16.1 Å². The molecule has 29 heavy (non-hydrogen) atoms. The van der Waals surface area contributed by atoms with E-state index < -0.39 is 11.9 Å². The number of hydrogen-bond acceptors (Lipinski definition) is 6. The van der Waals surface area contributed by atoms with Gasteiger partial charge in [-0.15, -0.1) is 0 Å². The summed E-state index contributed by atoms with van der Waals surface area (Å²) in [5.41, 5.74) is 2.97. The number of carbonyl (C=O) groups excluding carboxylic acids is 3. The van der Waals surface area contributed by atoms with E-state index in [1.54, 1.807) is 6.07 Å². The predicted molar refractivity (Wildman–Crippen MR) is 105 cm³/mol. The van der Waals surface area contributed by atoms with Gasteiger partial charge in [0.2, 0.25) is 11.8 Å². The summed E-state index contributed by atoms with van der Waals surface area (Å²) in [4.78, 5) is 46.6. The van der Waals surface area contributed by atoms with E-state index in [1.807, 2.05) is 36.4 Å². The Hall–Kier alpha value is -3.81. The van der Waals surface area contributed by atoms with Crippen molar-refractivity contribution in [2.75, 3.05) is 5.32 Å². The fourth-order valence-corrected chi connectivity index (χ4v) is 3.87. The molecule has 3 aromatic rings. The van der Waals surface area contributed by atoms with Crippen LogP contribution in [0.15, 0.2) is 48.8 Å². The van der Waals surface area contributed by atoms with Crippen LogP contribution in [0.3, 0.4) is 0 Å². The lowest BCUT2D eigenvalue weighted by atomic mass is 10.0. The zero-order valence-electron chi connectivity index (χ0n) is 15.4. The number of nitrogens with zero attached hydrogens (tertiary/aromatic N) is 3. The first-order valence-electron chi connectivity index (χ1n) is 9.34. The van der Waals surface area contributed by atoms with Gasteiger partial charge in [0.1, 0.15) is 18.2 Å². The van der Waals surface area contributed by atoms with E-state index in [0.29, 0.717) is 24.3 Å². The molecule has 0 aliphatic carbocycles. The molecular weight excluding hydrogens is 370 g/mol. The van der Waals surface area contributed by atoms with Crippen molar-refractivity contribution in [3.63, 3.8) is 0 Å². The smallest absolute Gasteiger partial charge is 0.255 e. The Morgan fingerprint density at radius 1 is 1.07 bits per heavy atom. The maximum Gasteiger partial charge on any atom is 0.255 e. The van der Waals surface area contributed by atoms with E-state index in [1.165, 1.54) is 11.2 Å². The minimum atomic E-state index is -0.616.